The van der Waals surface area contributed by atoms with Crippen molar-refractivity contribution in [2.45, 2.75) is 33.7 Å². The van der Waals surface area contributed by atoms with Gasteiger partial charge in [0.15, 0.2) is 11.6 Å². The predicted octanol–water partition coefficient (Wildman–Crippen LogP) is 7.00. The van der Waals surface area contributed by atoms with E-state index in [1.807, 2.05) is 39.0 Å². The summed E-state index contributed by atoms with van der Waals surface area (Å²) in [7, 11) is 1.36. The summed E-state index contributed by atoms with van der Waals surface area (Å²) in [6, 6.07) is 15.0. The van der Waals surface area contributed by atoms with E-state index in [9.17, 15) is 14.4 Å². The maximum Gasteiger partial charge on any atom is 0.409 e. The average molecular weight is 627 g/mol. The lowest BCUT2D eigenvalue weighted by atomic mass is 10.1. The smallest absolute Gasteiger partial charge is 0.409 e. The van der Waals surface area contributed by atoms with Crippen LogP contribution in [0.5, 0.6) is 11.5 Å². The summed E-state index contributed by atoms with van der Waals surface area (Å²) in [5.41, 5.74) is 9.82. The van der Waals surface area contributed by atoms with E-state index in [-0.39, 0.29) is 23.1 Å². The fourth-order valence-corrected chi connectivity index (χ4v) is 4.50. The van der Waals surface area contributed by atoms with E-state index in [0.717, 1.165) is 29.3 Å². The number of aromatic nitrogens is 2. The molecule has 0 atom stereocenters. The molecule has 0 radical (unpaired) electrons. The Morgan fingerprint density at radius 1 is 1.00 bits per heavy atom. The molecule has 2 aromatic carbocycles. The maximum atomic E-state index is 15.0. The number of methoxy groups -OCH3 is 1. The zero-order valence-corrected chi connectivity index (χ0v) is 26.0. The molecule has 4 N–H and O–H groups in total. The van der Waals surface area contributed by atoms with Gasteiger partial charge < -0.3 is 30.7 Å². The highest BCUT2D eigenvalue weighted by molar-refractivity contribution is 6.01. The Kier molecular flexibility index (Phi) is 11.0. The van der Waals surface area contributed by atoms with Crippen molar-refractivity contribution in [3.05, 3.63) is 107 Å². The molecule has 0 aliphatic rings. The molecular weight excluding hydrogens is 591 g/mol. The van der Waals surface area contributed by atoms with Gasteiger partial charge in [0.25, 0.3) is 0 Å². The Morgan fingerprint density at radius 2 is 1.76 bits per heavy atom. The Balaban J connectivity index is 1.42. The SMILES string of the molecule is CCCN(Cc1ccc(/C(C)=C/c2nccc(Oc3ccc(NC(=O)Nc4cccc(C(N)=O)c4)cc3F)c2C)nc1)C(=O)OC. The van der Waals surface area contributed by atoms with Crippen LogP contribution in [0.25, 0.3) is 11.6 Å². The summed E-state index contributed by atoms with van der Waals surface area (Å²) in [4.78, 5) is 46.4. The van der Waals surface area contributed by atoms with E-state index in [1.54, 1.807) is 35.5 Å². The number of hydrogen-bond acceptors (Lipinski definition) is 7. The van der Waals surface area contributed by atoms with Crippen molar-refractivity contribution in [2.24, 2.45) is 5.73 Å². The van der Waals surface area contributed by atoms with Crippen molar-refractivity contribution in [1.29, 1.82) is 0 Å². The second-order valence-electron chi connectivity index (χ2n) is 10.4. The van der Waals surface area contributed by atoms with Crippen molar-refractivity contribution >= 4 is 41.1 Å². The Morgan fingerprint density at radius 3 is 2.41 bits per heavy atom. The van der Waals surface area contributed by atoms with Gasteiger partial charge in [-0.25, -0.2) is 14.0 Å². The lowest BCUT2D eigenvalue weighted by Crippen LogP contribution is -2.31. The van der Waals surface area contributed by atoms with Crippen molar-refractivity contribution in [3.63, 3.8) is 0 Å². The lowest BCUT2D eigenvalue weighted by Gasteiger charge is -2.20. The minimum atomic E-state index is -0.688. The molecular formula is C34H35FN6O5. The number of anilines is 2. The van der Waals surface area contributed by atoms with Crippen molar-refractivity contribution in [2.75, 3.05) is 24.3 Å². The number of halogens is 1. The number of urea groups is 1. The molecule has 4 amide bonds. The van der Waals surface area contributed by atoms with Gasteiger partial charge in [-0.2, -0.15) is 0 Å². The molecule has 0 fully saturated rings. The first-order valence-corrected chi connectivity index (χ1v) is 14.4. The third kappa shape index (κ3) is 8.65. The highest BCUT2D eigenvalue weighted by Gasteiger charge is 2.15. The number of amides is 4. The first kappa shape index (κ1) is 33.1. The highest BCUT2D eigenvalue weighted by atomic mass is 19.1. The van der Waals surface area contributed by atoms with Crippen LogP contribution in [0.2, 0.25) is 0 Å². The monoisotopic (exact) mass is 626 g/mol. The van der Waals surface area contributed by atoms with Crippen LogP contribution in [0, 0.1) is 12.7 Å². The fraction of sp³-hybridized carbons (Fsp3) is 0.206. The number of hydrogen-bond donors (Lipinski definition) is 3. The molecule has 2 heterocycles. The van der Waals surface area contributed by atoms with Crippen LogP contribution < -0.4 is 21.1 Å². The van der Waals surface area contributed by atoms with E-state index in [2.05, 4.69) is 20.6 Å². The molecule has 0 spiro atoms. The number of nitrogens with two attached hydrogens (primary N) is 1. The van der Waals surface area contributed by atoms with Gasteiger partial charge in [0.05, 0.1) is 25.0 Å². The van der Waals surface area contributed by atoms with Gasteiger partial charge in [0.2, 0.25) is 5.91 Å². The fourth-order valence-electron chi connectivity index (χ4n) is 4.50. The number of pyridine rings is 2. The summed E-state index contributed by atoms with van der Waals surface area (Å²) in [5, 5.41) is 5.12. The lowest BCUT2D eigenvalue weighted by molar-refractivity contribution is 0.1000. The number of benzene rings is 2. The van der Waals surface area contributed by atoms with Gasteiger partial charge in [0, 0.05) is 47.5 Å². The topological polar surface area (TPSA) is 149 Å². The van der Waals surface area contributed by atoms with Crippen LogP contribution in [0.1, 0.15) is 53.1 Å². The molecule has 46 heavy (non-hydrogen) atoms. The third-order valence-electron chi connectivity index (χ3n) is 6.89. The van der Waals surface area contributed by atoms with Crippen molar-refractivity contribution in [1.82, 2.24) is 14.9 Å². The highest BCUT2D eigenvalue weighted by Crippen LogP contribution is 2.31. The molecule has 0 bridgehead atoms. The van der Waals surface area contributed by atoms with Gasteiger partial charge in [-0.15, -0.1) is 0 Å². The molecule has 4 aromatic rings. The molecule has 0 saturated heterocycles. The minimum Gasteiger partial charge on any atom is -0.454 e. The molecule has 12 heteroatoms. The van der Waals surface area contributed by atoms with Crippen molar-refractivity contribution in [3.8, 4) is 11.5 Å². The van der Waals surface area contributed by atoms with E-state index in [4.69, 9.17) is 15.2 Å². The van der Waals surface area contributed by atoms with Gasteiger partial charge in [-0.05, 0) is 79.9 Å². The number of rotatable bonds is 11. The van der Waals surface area contributed by atoms with E-state index in [0.29, 0.717) is 35.8 Å². The number of ether oxygens (including phenoxy) is 2. The second kappa shape index (κ2) is 15.3. The standard InChI is InChI=1S/C34H35FN6O5/c1-5-15-41(34(44)45-4)20-23-9-11-28(38-19-23)21(2)16-29-22(3)30(13-14-37-29)46-31-12-10-26(18-27(31)35)40-33(43)39-25-8-6-7-24(17-25)32(36)42/h6-14,16-19H,5,15,20H2,1-4H3,(H2,36,42)(H2,39,40,43)/b21-16+. The molecule has 2 aromatic heterocycles. The van der Waals surface area contributed by atoms with Crippen LogP contribution in [0.3, 0.4) is 0 Å². The number of carbonyl (C=O) groups excluding carboxylic acids is 3. The summed E-state index contributed by atoms with van der Waals surface area (Å²) < 4.78 is 25.8. The van der Waals surface area contributed by atoms with E-state index < -0.39 is 17.8 Å². The summed E-state index contributed by atoms with van der Waals surface area (Å²) in [6.45, 7) is 6.69. The number of allylic oxidation sites excluding steroid dienone is 1. The van der Waals surface area contributed by atoms with Crippen LogP contribution in [0.4, 0.5) is 25.4 Å². The van der Waals surface area contributed by atoms with Crippen LogP contribution in [-0.4, -0.2) is 46.6 Å². The molecule has 11 nitrogen and oxygen atoms in total. The van der Waals surface area contributed by atoms with Crippen LogP contribution in [0.15, 0.2) is 73.1 Å². The van der Waals surface area contributed by atoms with Gasteiger partial charge >= 0.3 is 12.1 Å². The Labute approximate surface area is 266 Å². The molecule has 238 valence electrons. The van der Waals surface area contributed by atoms with Gasteiger partial charge in [0.1, 0.15) is 5.75 Å². The Hall–Kier alpha value is -5.78. The minimum absolute atomic E-state index is 0.0394. The molecule has 4 rings (SSSR count). The van der Waals surface area contributed by atoms with Crippen LogP contribution in [-0.2, 0) is 11.3 Å². The summed E-state index contributed by atoms with van der Waals surface area (Å²) >= 11 is 0. The molecule has 0 saturated carbocycles. The zero-order valence-electron chi connectivity index (χ0n) is 26.0. The van der Waals surface area contributed by atoms with E-state index in [1.165, 1.54) is 31.4 Å². The third-order valence-corrected chi connectivity index (χ3v) is 6.89. The normalized spacial score (nSPS) is 11.0. The number of nitrogens with zero attached hydrogens (tertiary/aromatic N) is 3. The number of primary amides is 1. The molecule has 0 unspecified atom stereocenters. The maximum absolute atomic E-state index is 15.0. The molecule has 0 aliphatic carbocycles. The molecule has 0 aliphatic heterocycles. The summed E-state index contributed by atoms with van der Waals surface area (Å²) in [6.07, 6.45) is 5.58. The van der Waals surface area contributed by atoms with Gasteiger partial charge in [-0.3, -0.25) is 14.8 Å². The van der Waals surface area contributed by atoms with E-state index >= 15 is 4.39 Å². The second-order valence-corrected chi connectivity index (χ2v) is 10.4. The number of nitrogens with one attached hydrogen (secondary N) is 2. The quantitative estimate of drug-likeness (QED) is 0.162. The first-order chi connectivity index (χ1) is 22.1. The average Bonchev–Trinajstić information content (AvgIpc) is 3.03. The predicted molar refractivity (Wildman–Crippen MR) is 174 cm³/mol. The zero-order chi connectivity index (χ0) is 33.2. The number of carbonyl (C=O) groups is 3. The van der Waals surface area contributed by atoms with Crippen molar-refractivity contribution < 1.29 is 28.2 Å². The van der Waals surface area contributed by atoms with Gasteiger partial charge in [-0.1, -0.05) is 19.1 Å². The van der Waals surface area contributed by atoms with Crippen LogP contribution >= 0.6 is 0 Å². The largest absolute Gasteiger partial charge is 0.454 e. The Bertz CT molecular complexity index is 1760. The first-order valence-electron chi connectivity index (χ1n) is 14.4. The summed E-state index contributed by atoms with van der Waals surface area (Å²) in [5.74, 6) is -0.947.